The molecule has 0 fully saturated rings. The Labute approximate surface area is 110 Å². The Morgan fingerprint density at radius 2 is 1.85 bits per heavy atom. The number of amides is 1. The van der Waals surface area contributed by atoms with E-state index in [1.165, 1.54) is 24.3 Å². The topological polar surface area (TPSA) is 82.0 Å². The fraction of sp³-hybridized carbons (Fsp3) is 0.0833. The van der Waals surface area contributed by atoms with Gasteiger partial charge in [0.05, 0.1) is 0 Å². The second kappa shape index (κ2) is 4.80. The molecule has 104 valence electrons. The van der Waals surface area contributed by atoms with Crippen molar-refractivity contribution in [3.8, 4) is 11.4 Å². The fourth-order valence-electron chi connectivity index (χ4n) is 1.42. The molecule has 0 bridgehead atoms. The van der Waals surface area contributed by atoms with Gasteiger partial charge in [-0.25, -0.2) is 0 Å². The van der Waals surface area contributed by atoms with Crippen LogP contribution in [0.4, 0.5) is 13.2 Å². The lowest BCUT2D eigenvalue weighted by Gasteiger charge is -2.01. The van der Waals surface area contributed by atoms with Gasteiger partial charge in [0.15, 0.2) is 0 Å². The van der Waals surface area contributed by atoms with E-state index in [0.29, 0.717) is 11.1 Å². The molecule has 1 aromatic carbocycles. The minimum absolute atomic E-state index is 0.0978. The Bertz CT molecular complexity index is 659. The van der Waals surface area contributed by atoms with Crippen LogP contribution in [0, 0.1) is 0 Å². The second-order valence-electron chi connectivity index (χ2n) is 3.84. The van der Waals surface area contributed by atoms with Crippen molar-refractivity contribution in [2.24, 2.45) is 5.73 Å². The number of hydrogen-bond acceptors (Lipinski definition) is 4. The number of aromatic nitrogens is 2. The summed E-state index contributed by atoms with van der Waals surface area (Å²) in [6, 6.07) is 5.83. The van der Waals surface area contributed by atoms with E-state index in [1.54, 1.807) is 0 Å². The molecule has 0 spiro atoms. The first-order valence-electron chi connectivity index (χ1n) is 5.29. The summed E-state index contributed by atoms with van der Waals surface area (Å²) in [7, 11) is 0. The summed E-state index contributed by atoms with van der Waals surface area (Å²) in [5.41, 5.74) is 5.93. The average Bonchev–Trinajstić information content (AvgIpc) is 2.87. The number of hydrogen-bond donors (Lipinski definition) is 1. The van der Waals surface area contributed by atoms with Crippen molar-refractivity contribution < 1.29 is 22.5 Å². The van der Waals surface area contributed by atoms with Gasteiger partial charge in [0, 0.05) is 11.1 Å². The molecule has 8 heteroatoms. The molecule has 1 heterocycles. The average molecular weight is 283 g/mol. The quantitative estimate of drug-likeness (QED) is 0.876. The van der Waals surface area contributed by atoms with Crippen molar-refractivity contribution in [2.45, 2.75) is 6.18 Å². The van der Waals surface area contributed by atoms with Crippen molar-refractivity contribution >= 4 is 11.5 Å². The number of halogens is 3. The lowest BCUT2D eigenvalue weighted by atomic mass is 10.0. The lowest BCUT2D eigenvalue weighted by Crippen LogP contribution is -2.11. The first-order chi connectivity index (χ1) is 9.29. The van der Waals surface area contributed by atoms with Crippen molar-refractivity contribution in [1.29, 1.82) is 0 Å². The van der Waals surface area contributed by atoms with Gasteiger partial charge in [-0.05, 0) is 5.56 Å². The minimum atomic E-state index is -4.69. The number of carbonyl (C=O) groups is 1. The SMILES string of the molecule is C=C(C(N)=O)c1ccc(-c2noc(C(F)(F)F)n2)cc1. The van der Waals surface area contributed by atoms with Crippen LogP contribution in [0.15, 0.2) is 35.4 Å². The van der Waals surface area contributed by atoms with E-state index in [4.69, 9.17) is 5.73 Å². The molecule has 0 unspecified atom stereocenters. The van der Waals surface area contributed by atoms with Crippen LogP contribution in [0.5, 0.6) is 0 Å². The molecule has 0 aliphatic rings. The number of primary amides is 1. The predicted molar refractivity (Wildman–Crippen MR) is 63.0 cm³/mol. The van der Waals surface area contributed by atoms with Crippen LogP contribution in [0.25, 0.3) is 17.0 Å². The Kier molecular flexibility index (Phi) is 3.31. The largest absolute Gasteiger partial charge is 0.471 e. The molecular weight excluding hydrogens is 275 g/mol. The van der Waals surface area contributed by atoms with E-state index < -0.39 is 18.0 Å². The Balaban J connectivity index is 2.29. The van der Waals surface area contributed by atoms with E-state index in [9.17, 15) is 18.0 Å². The van der Waals surface area contributed by atoms with Crippen molar-refractivity contribution in [1.82, 2.24) is 10.1 Å². The van der Waals surface area contributed by atoms with Crippen molar-refractivity contribution in [3.63, 3.8) is 0 Å². The van der Waals surface area contributed by atoms with Crippen LogP contribution in [0.2, 0.25) is 0 Å². The van der Waals surface area contributed by atoms with Gasteiger partial charge in [-0.1, -0.05) is 36.0 Å². The van der Waals surface area contributed by atoms with E-state index in [2.05, 4.69) is 21.2 Å². The van der Waals surface area contributed by atoms with Crippen LogP contribution in [0.1, 0.15) is 11.5 Å². The van der Waals surface area contributed by atoms with Gasteiger partial charge in [0.1, 0.15) is 0 Å². The van der Waals surface area contributed by atoms with E-state index >= 15 is 0 Å². The summed E-state index contributed by atoms with van der Waals surface area (Å²) in [5.74, 6) is -2.30. The standard InChI is InChI=1S/C12H8F3N3O2/c1-6(9(16)19)7-2-4-8(5-3-7)10-17-11(20-18-10)12(13,14)15/h2-5H,1H2,(H2,16,19). The van der Waals surface area contributed by atoms with Crippen LogP contribution in [-0.2, 0) is 11.0 Å². The van der Waals surface area contributed by atoms with Gasteiger partial charge in [-0.15, -0.1) is 0 Å². The van der Waals surface area contributed by atoms with Crippen LogP contribution in [-0.4, -0.2) is 16.0 Å². The highest BCUT2D eigenvalue weighted by Gasteiger charge is 2.38. The molecule has 1 amide bonds. The summed E-state index contributed by atoms with van der Waals surface area (Å²) in [5, 5.41) is 3.24. The van der Waals surface area contributed by atoms with Crippen LogP contribution < -0.4 is 5.73 Å². The molecule has 0 atom stereocenters. The van der Waals surface area contributed by atoms with E-state index in [1.807, 2.05) is 0 Å². The summed E-state index contributed by atoms with van der Waals surface area (Å²) >= 11 is 0. The van der Waals surface area contributed by atoms with Gasteiger partial charge in [-0.3, -0.25) is 4.79 Å². The molecule has 0 aliphatic heterocycles. The third kappa shape index (κ3) is 2.68. The highest BCUT2D eigenvalue weighted by molar-refractivity contribution is 6.17. The second-order valence-corrected chi connectivity index (χ2v) is 3.84. The van der Waals surface area contributed by atoms with E-state index in [0.717, 1.165) is 0 Å². The summed E-state index contributed by atoms with van der Waals surface area (Å²) in [6.07, 6.45) is -4.69. The molecule has 2 N–H and O–H groups in total. The Morgan fingerprint density at radius 3 is 2.30 bits per heavy atom. The third-order valence-corrected chi connectivity index (χ3v) is 2.46. The molecule has 0 saturated heterocycles. The minimum Gasteiger partial charge on any atom is -0.366 e. The Hall–Kier alpha value is -2.64. The number of benzene rings is 1. The third-order valence-electron chi connectivity index (χ3n) is 2.46. The van der Waals surface area contributed by atoms with Crippen LogP contribution >= 0.6 is 0 Å². The van der Waals surface area contributed by atoms with Gasteiger partial charge in [-0.2, -0.15) is 18.2 Å². The molecular formula is C12H8F3N3O2. The van der Waals surface area contributed by atoms with Crippen molar-refractivity contribution in [2.75, 3.05) is 0 Å². The number of nitrogens with zero attached hydrogens (tertiary/aromatic N) is 2. The maximum atomic E-state index is 12.3. The van der Waals surface area contributed by atoms with Gasteiger partial charge >= 0.3 is 12.1 Å². The maximum absolute atomic E-state index is 12.3. The molecule has 20 heavy (non-hydrogen) atoms. The molecule has 0 radical (unpaired) electrons. The maximum Gasteiger partial charge on any atom is 0.471 e. The molecule has 2 rings (SSSR count). The molecule has 0 aliphatic carbocycles. The Morgan fingerprint density at radius 1 is 1.25 bits per heavy atom. The lowest BCUT2D eigenvalue weighted by molar-refractivity contribution is -0.159. The molecule has 0 saturated carbocycles. The number of nitrogens with two attached hydrogens (primary N) is 1. The van der Waals surface area contributed by atoms with Gasteiger partial charge < -0.3 is 10.3 Å². The first kappa shape index (κ1) is 13.8. The summed E-state index contributed by atoms with van der Waals surface area (Å²) in [4.78, 5) is 14.2. The van der Waals surface area contributed by atoms with Crippen LogP contribution in [0.3, 0.4) is 0 Å². The number of carbonyl (C=O) groups excluding carboxylic acids is 1. The normalized spacial score (nSPS) is 11.3. The van der Waals surface area contributed by atoms with Gasteiger partial charge in [0.25, 0.3) is 0 Å². The first-order valence-corrected chi connectivity index (χ1v) is 5.29. The van der Waals surface area contributed by atoms with E-state index in [-0.39, 0.29) is 11.4 Å². The fourth-order valence-corrected chi connectivity index (χ4v) is 1.42. The highest BCUT2D eigenvalue weighted by atomic mass is 19.4. The zero-order chi connectivity index (χ0) is 14.9. The zero-order valence-electron chi connectivity index (χ0n) is 9.94. The smallest absolute Gasteiger partial charge is 0.366 e. The van der Waals surface area contributed by atoms with Crippen molar-refractivity contribution in [3.05, 3.63) is 42.3 Å². The molecule has 1 aromatic heterocycles. The van der Waals surface area contributed by atoms with Gasteiger partial charge in [0.2, 0.25) is 11.7 Å². The monoisotopic (exact) mass is 283 g/mol. The summed E-state index contributed by atoms with van der Waals surface area (Å²) in [6.45, 7) is 3.49. The molecule has 5 nitrogen and oxygen atoms in total. The number of alkyl halides is 3. The predicted octanol–water partition coefficient (Wildman–Crippen LogP) is 2.25. The summed E-state index contributed by atoms with van der Waals surface area (Å²) < 4.78 is 41.1. The number of rotatable bonds is 3. The molecule has 2 aromatic rings. The highest BCUT2D eigenvalue weighted by Crippen LogP contribution is 2.29. The zero-order valence-corrected chi connectivity index (χ0v) is 9.94.